The fourth-order valence-electron chi connectivity index (χ4n) is 1.91. The number of ether oxygens (including phenoxy) is 1. The predicted octanol–water partition coefficient (Wildman–Crippen LogP) is 3.21. The number of pyridine rings is 1. The molecule has 1 N–H and O–H groups in total. The van der Waals surface area contributed by atoms with Crippen LogP contribution in [0.3, 0.4) is 0 Å². The Kier molecular flexibility index (Phi) is 7.32. The lowest BCUT2D eigenvalue weighted by Crippen LogP contribution is -2.21. The van der Waals surface area contributed by atoms with Crippen molar-refractivity contribution in [1.29, 1.82) is 5.26 Å². The van der Waals surface area contributed by atoms with Crippen LogP contribution in [0.15, 0.2) is 52.5 Å². The number of carbonyl (C=O) groups is 2. The van der Waals surface area contributed by atoms with Crippen molar-refractivity contribution in [3.63, 3.8) is 0 Å². The van der Waals surface area contributed by atoms with Crippen LogP contribution in [-0.4, -0.2) is 35.5 Å². The Morgan fingerprint density at radius 3 is 2.84 bits per heavy atom. The minimum Gasteiger partial charge on any atom is -0.452 e. The zero-order chi connectivity index (χ0) is 18.1. The normalized spacial score (nSPS) is 9.92. The van der Waals surface area contributed by atoms with E-state index in [1.54, 1.807) is 30.5 Å². The van der Waals surface area contributed by atoms with Gasteiger partial charge in [0.05, 0.1) is 23.1 Å². The molecule has 2 rings (SSSR count). The number of benzene rings is 1. The van der Waals surface area contributed by atoms with Gasteiger partial charge in [0, 0.05) is 11.1 Å². The van der Waals surface area contributed by atoms with Crippen molar-refractivity contribution in [2.75, 3.05) is 23.9 Å². The topological polar surface area (TPSA) is 92.1 Å². The molecule has 0 aliphatic rings. The molecule has 0 bridgehead atoms. The number of esters is 1. The van der Waals surface area contributed by atoms with Crippen LogP contribution in [0.5, 0.6) is 0 Å². The molecule has 0 aliphatic heterocycles. The highest BCUT2D eigenvalue weighted by molar-refractivity contribution is 7.99. The zero-order valence-corrected chi connectivity index (χ0v) is 15.0. The number of rotatable bonds is 7. The predicted molar refractivity (Wildman–Crippen MR) is 97.7 cm³/mol. The first-order chi connectivity index (χ1) is 12.2. The molecular formula is C17H15N3O3S2. The zero-order valence-electron chi connectivity index (χ0n) is 13.4. The lowest BCUT2D eigenvalue weighted by atomic mass is 10.3. The van der Waals surface area contributed by atoms with E-state index in [0.29, 0.717) is 16.3 Å². The summed E-state index contributed by atoms with van der Waals surface area (Å²) in [5.41, 5.74) is 0.905. The highest BCUT2D eigenvalue weighted by atomic mass is 32.2. The van der Waals surface area contributed by atoms with Crippen LogP contribution >= 0.6 is 23.5 Å². The van der Waals surface area contributed by atoms with Gasteiger partial charge in [-0.05, 0) is 30.5 Å². The lowest BCUT2D eigenvalue weighted by Gasteiger charge is -2.10. The van der Waals surface area contributed by atoms with Crippen LogP contribution in [-0.2, 0) is 9.53 Å². The maximum atomic E-state index is 12.1. The number of nitrogens with zero attached hydrogens (tertiary/aromatic N) is 2. The standard InChI is InChI=1S/C17H15N3O3S2/c1-24-16-12(5-4-9-19-16)17(22)23-11-15(21)20-13-6-2-3-7-14(13)25-10-8-18/h2-7,9H,10-11H2,1H3,(H,20,21). The Morgan fingerprint density at radius 2 is 2.08 bits per heavy atom. The highest BCUT2D eigenvalue weighted by Gasteiger charge is 2.15. The SMILES string of the molecule is CSc1ncccc1C(=O)OCC(=O)Nc1ccccc1SCC#N. The first-order valence-electron chi connectivity index (χ1n) is 7.20. The summed E-state index contributed by atoms with van der Waals surface area (Å²) in [5, 5.41) is 11.9. The van der Waals surface area contributed by atoms with E-state index < -0.39 is 18.5 Å². The maximum absolute atomic E-state index is 12.1. The number of amides is 1. The minimum absolute atomic E-state index is 0.278. The van der Waals surface area contributed by atoms with Crippen molar-refractivity contribution in [3.8, 4) is 6.07 Å². The fraction of sp³-hybridized carbons (Fsp3) is 0.176. The van der Waals surface area contributed by atoms with Gasteiger partial charge in [0.2, 0.25) is 0 Å². The van der Waals surface area contributed by atoms with Crippen molar-refractivity contribution in [3.05, 3.63) is 48.2 Å². The quantitative estimate of drug-likeness (QED) is 0.588. The van der Waals surface area contributed by atoms with E-state index in [9.17, 15) is 9.59 Å². The average molecular weight is 373 g/mol. The van der Waals surface area contributed by atoms with E-state index in [2.05, 4.69) is 10.3 Å². The van der Waals surface area contributed by atoms with Gasteiger partial charge in [-0.3, -0.25) is 4.79 Å². The third-order valence-electron chi connectivity index (χ3n) is 2.97. The summed E-state index contributed by atoms with van der Waals surface area (Å²) in [6.07, 6.45) is 3.40. The Morgan fingerprint density at radius 1 is 1.28 bits per heavy atom. The fourth-order valence-corrected chi connectivity index (χ4v) is 3.12. The lowest BCUT2D eigenvalue weighted by molar-refractivity contribution is -0.119. The number of aromatic nitrogens is 1. The van der Waals surface area contributed by atoms with Crippen molar-refractivity contribution in [2.45, 2.75) is 9.92 Å². The smallest absolute Gasteiger partial charge is 0.341 e. The maximum Gasteiger partial charge on any atom is 0.341 e. The average Bonchev–Trinajstić information content (AvgIpc) is 2.65. The van der Waals surface area contributed by atoms with Crippen LogP contribution in [0.4, 0.5) is 5.69 Å². The van der Waals surface area contributed by atoms with Gasteiger partial charge < -0.3 is 10.1 Å². The Hall–Kier alpha value is -2.50. The third kappa shape index (κ3) is 5.52. The molecule has 1 amide bonds. The Bertz CT molecular complexity index is 806. The van der Waals surface area contributed by atoms with Crippen molar-refractivity contribution < 1.29 is 14.3 Å². The number of thioether (sulfide) groups is 2. The molecule has 0 atom stereocenters. The molecule has 128 valence electrons. The molecular weight excluding hydrogens is 358 g/mol. The molecule has 6 nitrogen and oxygen atoms in total. The number of hydrogen-bond donors (Lipinski definition) is 1. The van der Waals surface area contributed by atoms with Gasteiger partial charge in [0.15, 0.2) is 6.61 Å². The molecule has 0 aliphatic carbocycles. The van der Waals surface area contributed by atoms with Gasteiger partial charge in [0.1, 0.15) is 5.03 Å². The molecule has 1 aromatic heterocycles. The number of nitrogens with one attached hydrogen (secondary N) is 1. The van der Waals surface area contributed by atoms with Crippen molar-refractivity contribution >= 4 is 41.1 Å². The molecule has 1 aromatic carbocycles. The van der Waals surface area contributed by atoms with E-state index in [-0.39, 0.29) is 5.75 Å². The summed E-state index contributed by atoms with van der Waals surface area (Å²) in [7, 11) is 0. The first kappa shape index (κ1) is 18.8. The van der Waals surface area contributed by atoms with Crippen LogP contribution in [0, 0.1) is 11.3 Å². The molecule has 0 fully saturated rings. The van der Waals surface area contributed by atoms with Gasteiger partial charge in [-0.1, -0.05) is 12.1 Å². The molecule has 0 radical (unpaired) electrons. The van der Waals surface area contributed by atoms with E-state index in [1.807, 2.05) is 24.5 Å². The number of carbonyl (C=O) groups excluding carboxylic acids is 2. The van der Waals surface area contributed by atoms with Gasteiger partial charge >= 0.3 is 5.97 Å². The van der Waals surface area contributed by atoms with Crippen LogP contribution in [0.1, 0.15) is 10.4 Å². The first-order valence-corrected chi connectivity index (χ1v) is 9.41. The number of anilines is 1. The highest BCUT2D eigenvalue weighted by Crippen LogP contribution is 2.26. The van der Waals surface area contributed by atoms with Gasteiger partial charge in [0.25, 0.3) is 5.91 Å². The number of hydrogen-bond acceptors (Lipinski definition) is 7. The Balaban J connectivity index is 1.95. The van der Waals surface area contributed by atoms with Gasteiger partial charge in [-0.25, -0.2) is 9.78 Å². The van der Waals surface area contributed by atoms with E-state index in [1.165, 1.54) is 23.5 Å². The van der Waals surface area contributed by atoms with Crippen molar-refractivity contribution in [2.24, 2.45) is 0 Å². The molecule has 0 unspecified atom stereocenters. The minimum atomic E-state index is -0.597. The summed E-state index contributed by atoms with van der Waals surface area (Å²) < 4.78 is 5.06. The Labute approximate surface area is 154 Å². The molecule has 8 heteroatoms. The van der Waals surface area contributed by atoms with Crippen LogP contribution in [0.2, 0.25) is 0 Å². The van der Waals surface area contributed by atoms with Crippen LogP contribution in [0.25, 0.3) is 0 Å². The summed E-state index contributed by atoms with van der Waals surface area (Å²) in [6, 6.07) is 12.4. The van der Waals surface area contributed by atoms with Gasteiger partial charge in [-0.15, -0.1) is 23.5 Å². The number of para-hydroxylation sites is 1. The third-order valence-corrected chi connectivity index (χ3v) is 4.62. The molecule has 25 heavy (non-hydrogen) atoms. The second-order valence-electron chi connectivity index (χ2n) is 4.63. The van der Waals surface area contributed by atoms with Crippen molar-refractivity contribution in [1.82, 2.24) is 4.98 Å². The monoisotopic (exact) mass is 373 g/mol. The summed E-state index contributed by atoms with van der Waals surface area (Å²) in [6.45, 7) is -0.404. The molecule has 2 aromatic rings. The molecule has 0 saturated carbocycles. The molecule has 1 heterocycles. The molecule has 0 spiro atoms. The summed E-state index contributed by atoms with van der Waals surface area (Å²) in [4.78, 5) is 29.0. The van der Waals surface area contributed by atoms with E-state index >= 15 is 0 Å². The number of nitriles is 1. The van der Waals surface area contributed by atoms with E-state index in [0.717, 1.165) is 4.90 Å². The summed E-state index contributed by atoms with van der Waals surface area (Å²) in [5.74, 6) is -0.770. The van der Waals surface area contributed by atoms with E-state index in [4.69, 9.17) is 10.00 Å². The van der Waals surface area contributed by atoms with Gasteiger partial charge in [-0.2, -0.15) is 5.26 Å². The second-order valence-corrected chi connectivity index (χ2v) is 6.44. The largest absolute Gasteiger partial charge is 0.452 e. The molecule has 0 saturated heterocycles. The second kappa shape index (κ2) is 9.71. The summed E-state index contributed by atoms with van der Waals surface area (Å²) >= 11 is 2.65. The van der Waals surface area contributed by atoms with Crippen LogP contribution < -0.4 is 5.32 Å².